The normalized spacial score (nSPS) is 11.7. The van der Waals surface area contributed by atoms with E-state index in [1.54, 1.807) is 14.0 Å². The minimum atomic E-state index is -3.30. The van der Waals surface area contributed by atoms with Crippen molar-refractivity contribution in [2.75, 3.05) is 14.2 Å². The molecule has 15 heavy (non-hydrogen) atoms. The first-order valence-electron chi connectivity index (χ1n) is 4.39. The SMILES string of the molecule is CNS(=O)(=O)Cc1c(C)nn(C)c1OC. The van der Waals surface area contributed by atoms with Gasteiger partial charge in [0.25, 0.3) is 0 Å². The molecule has 0 spiro atoms. The zero-order chi connectivity index (χ0) is 11.6. The molecular formula is C8H15N3O3S. The fourth-order valence-electron chi connectivity index (χ4n) is 1.36. The van der Waals surface area contributed by atoms with Crippen LogP contribution >= 0.6 is 0 Å². The molecule has 1 aromatic heterocycles. The minimum Gasteiger partial charge on any atom is -0.481 e. The lowest BCUT2D eigenvalue weighted by Crippen LogP contribution is -2.20. The van der Waals surface area contributed by atoms with E-state index in [0.717, 1.165) is 0 Å². The third-order valence-corrected chi connectivity index (χ3v) is 3.42. The molecule has 0 amide bonds. The van der Waals surface area contributed by atoms with Gasteiger partial charge in [-0.3, -0.25) is 0 Å². The lowest BCUT2D eigenvalue weighted by atomic mass is 10.3. The zero-order valence-electron chi connectivity index (χ0n) is 9.23. The predicted octanol–water partition coefficient (Wildman–Crippen LogP) is -0.214. The summed E-state index contributed by atoms with van der Waals surface area (Å²) in [6.45, 7) is 1.75. The van der Waals surface area contributed by atoms with Crippen molar-refractivity contribution in [2.24, 2.45) is 7.05 Å². The maximum Gasteiger partial charge on any atom is 0.215 e. The van der Waals surface area contributed by atoms with Crippen LogP contribution in [0.1, 0.15) is 11.3 Å². The van der Waals surface area contributed by atoms with Gasteiger partial charge in [0.05, 0.1) is 24.1 Å². The van der Waals surface area contributed by atoms with Crippen molar-refractivity contribution >= 4 is 10.0 Å². The van der Waals surface area contributed by atoms with Crippen molar-refractivity contribution in [3.8, 4) is 5.88 Å². The second-order valence-electron chi connectivity index (χ2n) is 3.16. The van der Waals surface area contributed by atoms with Gasteiger partial charge in [0.1, 0.15) is 0 Å². The maximum absolute atomic E-state index is 11.4. The lowest BCUT2D eigenvalue weighted by Gasteiger charge is -2.05. The molecule has 6 nitrogen and oxygen atoms in total. The molecule has 0 saturated carbocycles. The molecule has 1 rings (SSSR count). The molecule has 7 heteroatoms. The van der Waals surface area contributed by atoms with E-state index >= 15 is 0 Å². The van der Waals surface area contributed by atoms with Crippen molar-refractivity contribution in [1.29, 1.82) is 0 Å². The van der Waals surface area contributed by atoms with E-state index in [0.29, 0.717) is 17.1 Å². The van der Waals surface area contributed by atoms with Crippen molar-refractivity contribution in [2.45, 2.75) is 12.7 Å². The van der Waals surface area contributed by atoms with E-state index in [9.17, 15) is 8.42 Å². The fraction of sp³-hybridized carbons (Fsp3) is 0.625. The molecule has 0 fully saturated rings. The number of sulfonamides is 1. The topological polar surface area (TPSA) is 73.2 Å². The van der Waals surface area contributed by atoms with Crippen LogP contribution in [0.25, 0.3) is 0 Å². The van der Waals surface area contributed by atoms with Gasteiger partial charge < -0.3 is 4.74 Å². The van der Waals surface area contributed by atoms with Gasteiger partial charge in [0.15, 0.2) is 0 Å². The van der Waals surface area contributed by atoms with E-state index < -0.39 is 10.0 Å². The molecule has 0 unspecified atom stereocenters. The summed E-state index contributed by atoms with van der Waals surface area (Å²) in [4.78, 5) is 0. The van der Waals surface area contributed by atoms with Crippen molar-refractivity contribution in [3.05, 3.63) is 11.3 Å². The monoisotopic (exact) mass is 233 g/mol. The summed E-state index contributed by atoms with van der Waals surface area (Å²) in [5.41, 5.74) is 1.25. The van der Waals surface area contributed by atoms with Crippen molar-refractivity contribution < 1.29 is 13.2 Å². The number of aryl methyl sites for hydroxylation is 2. The molecule has 86 valence electrons. The van der Waals surface area contributed by atoms with Crippen LogP contribution in [0, 0.1) is 6.92 Å². The Hall–Kier alpha value is -1.08. The van der Waals surface area contributed by atoms with E-state index in [1.165, 1.54) is 18.8 Å². The number of nitrogens with one attached hydrogen (secondary N) is 1. The number of methoxy groups -OCH3 is 1. The molecule has 0 radical (unpaired) electrons. The van der Waals surface area contributed by atoms with Crippen LogP contribution in [0.3, 0.4) is 0 Å². The molecule has 0 aliphatic rings. The molecule has 1 heterocycles. The highest BCUT2D eigenvalue weighted by Crippen LogP contribution is 2.22. The van der Waals surface area contributed by atoms with Gasteiger partial charge >= 0.3 is 0 Å². The lowest BCUT2D eigenvalue weighted by molar-refractivity contribution is 0.370. The number of hydrogen-bond acceptors (Lipinski definition) is 4. The molecule has 0 saturated heterocycles. The van der Waals surface area contributed by atoms with Crippen LogP contribution in [0.15, 0.2) is 0 Å². The Morgan fingerprint density at radius 2 is 2.13 bits per heavy atom. The van der Waals surface area contributed by atoms with Crippen LogP contribution in [-0.4, -0.2) is 32.4 Å². The number of aromatic nitrogens is 2. The molecule has 1 aromatic rings. The Kier molecular flexibility index (Phi) is 3.35. The van der Waals surface area contributed by atoms with Crippen LogP contribution < -0.4 is 9.46 Å². The molecule has 1 N–H and O–H groups in total. The number of nitrogens with zero attached hydrogens (tertiary/aromatic N) is 2. The summed E-state index contributed by atoms with van der Waals surface area (Å²) in [5.74, 6) is 0.359. The van der Waals surface area contributed by atoms with Crippen LogP contribution in [0.4, 0.5) is 0 Å². The molecule has 0 bridgehead atoms. The first-order chi connectivity index (χ1) is 6.91. The quantitative estimate of drug-likeness (QED) is 0.780. The first kappa shape index (κ1) is 12.0. The Balaban J connectivity index is 3.14. The molecule has 0 aliphatic carbocycles. The molecule has 0 aromatic carbocycles. The highest BCUT2D eigenvalue weighted by atomic mass is 32.2. The van der Waals surface area contributed by atoms with Crippen molar-refractivity contribution in [1.82, 2.24) is 14.5 Å². The summed E-state index contributed by atoms with van der Waals surface area (Å²) < 4.78 is 31.7. The van der Waals surface area contributed by atoms with Gasteiger partial charge in [0, 0.05) is 7.05 Å². The van der Waals surface area contributed by atoms with Gasteiger partial charge in [-0.05, 0) is 14.0 Å². The van der Waals surface area contributed by atoms with E-state index in [1.807, 2.05) is 0 Å². The van der Waals surface area contributed by atoms with E-state index in [2.05, 4.69) is 9.82 Å². The van der Waals surface area contributed by atoms with Crippen LogP contribution in [-0.2, 0) is 22.8 Å². The summed E-state index contributed by atoms with van der Waals surface area (Å²) in [7, 11) is 1.29. The molecular weight excluding hydrogens is 218 g/mol. The van der Waals surface area contributed by atoms with Gasteiger partial charge in [-0.1, -0.05) is 0 Å². The first-order valence-corrected chi connectivity index (χ1v) is 6.04. The van der Waals surface area contributed by atoms with Gasteiger partial charge in [-0.15, -0.1) is 0 Å². The van der Waals surface area contributed by atoms with Crippen LogP contribution in [0.5, 0.6) is 5.88 Å². The summed E-state index contributed by atoms with van der Waals surface area (Å²) >= 11 is 0. The number of ether oxygens (including phenoxy) is 1. The molecule has 0 atom stereocenters. The average molecular weight is 233 g/mol. The zero-order valence-corrected chi connectivity index (χ0v) is 10.1. The predicted molar refractivity (Wildman–Crippen MR) is 56.2 cm³/mol. The average Bonchev–Trinajstić information content (AvgIpc) is 2.41. The number of hydrogen-bond donors (Lipinski definition) is 1. The largest absolute Gasteiger partial charge is 0.481 e. The highest BCUT2D eigenvalue weighted by Gasteiger charge is 2.19. The molecule has 0 aliphatic heterocycles. The fourth-order valence-corrected chi connectivity index (χ4v) is 2.22. The number of rotatable bonds is 4. The van der Waals surface area contributed by atoms with Gasteiger partial charge in [0.2, 0.25) is 15.9 Å². The smallest absolute Gasteiger partial charge is 0.215 e. The van der Waals surface area contributed by atoms with Crippen molar-refractivity contribution in [3.63, 3.8) is 0 Å². The minimum absolute atomic E-state index is 0.119. The third kappa shape index (κ3) is 2.48. The Morgan fingerprint density at radius 3 is 2.60 bits per heavy atom. The maximum atomic E-state index is 11.4. The Labute approximate surface area is 89.3 Å². The second kappa shape index (κ2) is 4.19. The van der Waals surface area contributed by atoms with E-state index in [4.69, 9.17) is 4.74 Å². The summed E-state index contributed by atoms with van der Waals surface area (Å²) in [6, 6.07) is 0. The van der Waals surface area contributed by atoms with Crippen LogP contribution in [0.2, 0.25) is 0 Å². The van der Waals surface area contributed by atoms with Gasteiger partial charge in [-0.25, -0.2) is 17.8 Å². The second-order valence-corrected chi connectivity index (χ2v) is 5.09. The summed E-state index contributed by atoms with van der Waals surface area (Å²) in [5, 5.41) is 4.10. The summed E-state index contributed by atoms with van der Waals surface area (Å²) in [6.07, 6.45) is 0. The highest BCUT2D eigenvalue weighted by molar-refractivity contribution is 7.88. The van der Waals surface area contributed by atoms with Gasteiger partial charge in [-0.2, -0.15) is 5.10 Å². The Morgan fingerprint density at radius 1 is 1.53 bits per heavy atom. The Bertz CT molecular complexity index is 450. The van der Waals surface area contributed by atoms with E-state index in [-0.39, 0.29) is 5.75 Å². The standard InChI is InChI=1S/C8H15N3O3S/c1-6-7(5-15(12,13)9-2)8(14-4)11(3)10-6/h9H,5H2,1-4H3. The third-order valence-electron chi connectivity index (χ3n) is 2.13.